The number of fused-ring (bicyclic) bond motifs is 1. The summed E-state index contributed by atoms with van der Waals surface area (Å²) in [6.45, 7) is 2.05. The number of carboxylic acids is 1. The second-order valence-electron chi connectivity index (χ2n) is 5.74. The van der Waals surface area contributed by atoms with Gasteiger partial charge in [0.1, 0.15) is 6.07 Å². The van der Waals surface area contributed by atoms with Crippen LogP contribution in [0.15, 0.2) is 54.7 Å². The predicted octanol–water partition coefficient (Wildman–Crippen LogP) is 3.78. The molecule has 0 spiro atoms. The topological polar surface area (TPSA) is 92.3 Å². The zero-order chi connectivity index (χ0) is 19.4. The smallest absolute Gasteiger partial charge is 0.335 e. The van der Waals surface area contributed by atoms with Crippen molar-refractivity contribution in [3.63, 3.8) is 0 Å². The molecule has 0 amide bonds. The number of hydrogen-bond acceptors (Lipinski definition) is 4. The second-order valence-corrected chi connectivity index (χ2v) is 5.74. The third kappa shape index (κ3) is 3.72. The van der Waals surface area contributed by atoms with E-state index in [0.29, 0.717) is 12.2 Å². The summed E-state index contributed by atoms with van der Waals surface area (Å²) >= 11 is 0. The highest BCUT2D eigenvalue weighted by Gasteiger charge is 2.11. The summed E-state index contributed by atoms with van der Waals surface area (Å²) < 4.78 is 6.69. The summed E-state index contributed by atoms with van der Waals surface area (Å²) in [5.74, 6) is -1.41. The van der Waals surface area contributed by atoms with Crippen LogP contribution >= 0.6 is 0 Å². The van der Waals surface area contributed by atoms with Gasteiger partial charge < -0.3 is 14.4 Å². The quantitative estimate of drug-likeness (QED) is 0.552. The van der Waals surface area contributed by atoms with Crippen LogP contribution in [0, 0.1) is 11.3 Å². The Labute approximate surface area is 155 Å². The average Bonchev–Trinajstić information content (AvgIpc) is 3.04. The first-order chi connectivity index (χ1) is 13.0. The van der Waals surface area contributed by atoms with Gasteiger partial charge in [-0.3, -0.25) is 0 Å². The third-order valence-electron chi connectivity index (χ3n) is 4.04. The van der Waals surface area contributed by atoms with E-state index in [0.717, 1.165) is 22.2 Å². The van der Waals surface area contributed by atoms with Crippen molar-refractivity contribution in [1.29, 1.82) is 5.26 Å². The Morgan fingerprint density at radius 2 is 1.96 bits per heavy atom. The fourth-order valence-electron chi connectivity index (χ4n) is 2.77. The van der Waals surface area contributed by atoms with Gasteiger partial charge in [0.2, 0.25) is 0 Å². The highest BCUT2D eigenvalue weighted by atomic mass is 16.5. The Kier molecular flexibility index (Phi) is 5.04. The van der Waals surface area contributed by atoms with Crippen molar-refractivity contribution in [2.75, 3.05) is 6.61 Å². The number of esters is 1. The Hall–Kier alpha value is -3.85. The van der Waals surface area contributed by atoms with Crippen molar-refractivity contribution in [3.05, 3.63) is 71.4 Å². The SMILES string of the molecule is CCOC(=O)C=Cc1ccc2c(c1)c(C#N)cn2-c1ccc(C(=O)O)cc1. The van der Waals surface area contributed by atoms with E-state index in [9.17, 15) is 14.9 Å². The van der Waals surface area contributed by atoms with Crippen LogP contribution in [-0.2, 0) is 9.53 Å². The van der Waals surface area contributed by atoms with Gasteiger partial charge in [-0.2, -0.15) is 5.26 Å². The summed E-state index contributed by atoms with van der Waals surface area (Å²) in [5.41, 5.74) is 3.01. The summed E-state index contributed by atoms with van der Waals surface area (Å²) in [6.07, 6.45) is 4.69. The minimum atomic E-state index is -0.991. The average molecular weight is 360 g/mol. The molecule has 0 atom stereocenters. The number of nitriles is 1. The Morgan fingerprint density at radius 1 is 1.22 bits per heavy atom. The normalized spacial score (nSPS) is 10.8. The van der Waals surface area contributed by atoms with Crippen molar-refractivity contribution in [3.8, 4) is 11.8 Å². The van der Waals surface area contributed by atoms with Crippen LogP contribution in [0.2, 0.25) is 0 Å². The first-order valence-corrected chi connectivity index (χ1v) is 8.27. The summed E-state index contributed by atoms with van der Waals surface area (Å²) in [4.78, 5) is 22.5. The zero-order valence-corrected chi connectivity index (χ0v) is 14.5. The van der Waals surface area contributed by atoms with Crippen LogP contribution in [0.1, 0.15) is 28.4 Å². The van der Waals surface area contributed by atoms with Gasteiger partial charge >= 0.3 is 11.9 Å². The van der Waals surface area contributed by atoms with Crippen molar-refractivity contribution < 1.29 is 19.4 Å². The van der Waals surface area contributed by atoms with Crippen LogP contribution in [-0.4, -0.2) is 28.2 Å². The molecule has 6 heteroatoms. The molecule has 0 saturated heterocycles. The van der Waals surface area contributed by atoms with Crippen molar-refractivity contribution in [2.24, 2.45) is 0 Å². The van der Waals surface area contributed by atoms with Crippen LogP contribution in [0.5, 0.6) is 0 Å². The maximum atomic E-state index is 11.5. The predicted molar refractivity (Wildman–Crippen MR) is 101 cm³/mol. The van der Waals surface area contributed by atoms with Crippen LogP contribution in [0.4, 0.5) is 0 Å². The minimum Gasteiger partial charge on any atom is -0.478 e. The fraction of sp³-hybridized carbons (Fsp3) is 0.0952. The van der Waals surface area contributed by atoms with Crippen LogP contribution in [0.25, 0.3) is 22.7 Å². The molecule has 0 saturated carbocycles. The molecule has 0 fully saturated rings. The minimum absolute atomic E-state index is 0.196. The molecule has 0 unspecified atom stereocenters. The van der Waals surface area contributed by atoms with E-state index in [4.69, 9.17) is 9.84 Å². The number of hydrogen-bond donors (Lipinski definition) is 1. The number of benzene rings is 2. The largest absolute Gasteiger partial charge is 0.478 e. The summed E-state index contributed by atoms with van der Waals surface area (Å²) in [5, 5.41) is 19.2. The molecule has 1 heterocycles. The molecule has 0 aliphatic heterocycles. The summed E-state index contributed by atoms with van der Waals surface area (Å²) in [6, 6.07) is 14.1. The third-order valence-corrected chi connectivity index (χ3v) is 4.04. The van der Waals surface area contributed by atoms with E-state index in [-0.39, 0.29) is 5.56 Å². The highest BCUT2D eigenvalue weighted by molar-refractivity contribution is 5.92. The lowest BCUT2D eigenvalue weighted by Gasteiger charge is -2.06. The standard InChI is InChI=1S/C21H16N2O4/c1-2-27-20(24)10-4-14-3-9-19-18(11-14)16(12-22)13-23(19)17-7-5-15(6-8-17)21(25)26/h3-11,13H,2H2,1H3,(H,25,26). The number of carbonyl (C=O) groups excluding carboxylic acids is 1. The molecule has 27 heavy (non-hydrogen) atoms. The molecule has 6 nitrogen and oxygen atoms in total. The molecule has 1 N–H and O–H groups in total. The molecule has 2 aromatic carbocycles. The molecule has 0 bridgehead atoms. The zero-order valence-electron chi connectivity index (χ0n) is 14.5. The van der Waals surface area contributed by atoms with Crippen LogP contribution < -0.4 is 0 Å². The lowest BCUT2D eigenvalue weighted by atomic mass is 10.1. The molecular formula is C21H16N2O4. The van der Waals surface area contributed by atoms with E-state index < -0.39 is 11.9 Å². The number of carbonyl (C=O) groups is 2. The molecule has 134 valence electrons. The molecule has 1 aromatic heterocycles. The van der Waals surface area contributed by atoms with Gasteiger partial charge in [-0.05, 0) is 55.0 Å². The fourth-order valence-corrected chi connectivity index (χ4v) is 2.77. The van der Waals surface area contributed by atoms with Gasteiger partial charge in [0.05, 0.1) is 23.3 Å². The first-order valence-electron chi connectivity index (χ1n) is 8.27. The molecular weight excluding hydrogens is 344 g/mol. The van der Waals surface area contributed by atoms with E-state index >= 15 is 0 Å². The van der Waals surface area contributed by atoms with Gasteiger partial charge in [-0.1, -0.05) is 6.07 Å². The van der Waals surface area contributed by atoms with E-state index in [1.165, 1.54) is 18.2 Å². The van der Waals surface area contributed by atoms with Gasteiger partial charge in [0, 0.05) is 23.3 Å². The van der Waals surface area contributed by atoms with Gasteiger partial charge in [-0.15, -0.1) is 0 Å². The van der Waals surface area contributed by atoms with Gasteiger partial charge in [0.25, 0.3) is 0 Å². The highest BCUT2D eigenvalue weighted by Crippen LogP contribution is 2.26. The number of aromatic carboxylic acids is 1. The van der Waals surface area contributed by atoms with Crippen LogP contribution in [0.3, 0.4) is 0 Å². The molecule has 0 radical (unpaired) electrons. The molecule has 3 rings (SSSR count). The second kappa shape index (κ2) is 7.58. The Balaban J connectivity index is 2.02. The number of aromatic nitrogens is 1. The maximum Gasteiger partial charge on any atom is 0.335 e. The number of nitrogens with zero attached hydrogens (tertiary/aromatic N) is 2. The van der Waals surface area contributed by atoms with Crippen molar-refractivity contribution in [2.45, 2.75) is 6.92 Å². The Bertz CT molecular complexity index is 1090. The Morgan fingerprint density at radius 3 is 2.59 bits per heavy atom. The maximum absolute atomic E-state index is 11.5. The summed E-state index contributed by atoms with van der Waals surface area (Å²) in [7, 11) is 0. The van der Waals surface area contributed by atoms with Crippen molar-refractivity contribution in [1.82, 2.24) is 4.57 Å². The van der Waals surface area contributed by atoms with E-state index in [1.54, 1.807) is 31.3 Å². The van der Waals surface area contributed by atoms with Gasteiger partial charge in [-0.25, -0.2) is 9.59 Å². The van der Waals surface area contributed by atoms with E-state index in [1.807, 2.05) is 22.8 Å². The molecule has 0 aliphatic rings. The first kappa shape index (κ1) is 18.0. The monoisotopic (exact) mass is 360 g/mol. The number of ether oxygens (including phenoxy) is 1. The van der Waals surface area contributed by atoms with Crippen molar-refractivity contribution >= 4 is 28.9 Å². The number of carboxylic acid groups (broad SMARTS) is 1. The van der Waals surface area contributed by atoms with Gasteiger partial charge in [0.15, 0.2) is 0 Å². The molecule has 3 aromatic rings. The van der Waals surface area contributed by atoms with E-state index in [2.05, 4.69) is 6.07 Å². The molecule has 0 aliphatic carbocycles. The lowest BCUT2D eigenvalue weighted by Crippen LogP contribution is -1.98. The number of rotatable bonds is 5. The lowest BCUT2D eigenvalue weighted by molar-refractivity contribution is -0.137.